The van der Waals surface area contributed by atoms with E-state index in [0.717, 1.165) is 29.0 Å². The monoisotopic (exact) mass is 370 g/mol. The first-order valence-electron chi connectivity index (χ1n) is 8.90. The molecule has 140 valence electrons. The molecule has 0 unspecified atom stereocenters. The lowest BCUT2D eigenvalue weighted by Crippen LogP contribution is -2.48. The molecule has 1 aromatic heterocycles. The number of amides is 1. The van der Waals surface area contributed by atoms with Gasteiger partial charge in [0.15, 0.2) is 0 Å². The molecule has 0 spiro atoms. The SMILES string of the molecule is Cn1c(CN2CCN(C(=O)c3ccc(F)cc3F)CC2)nc2ccccc21. The number of aryl methyl sites for hydroxylation is 1. The average Bonchev–Trinajstić information content (AvgIpc) is 2.98. The number of para-hydroxylation sites is 2. The molecule has 4 rings (SSSR count). The Morgan fingerprint density at radius 1 is 1.07 bits per heavy atom. The van der Waals surface area contributed by atoms with Gasteiger partial charge in [-0.25, -0.2) is 13.8 Å². The maximum absolute atomic E-state index is 13.9. The van der Waals surface area contributed by atoms with Crippen molar-refractivity contribution in [2.24, 2.45) is 7.05 Å². The van der Waals surface area contributed by atoms with Crippen molar-refractivity contribution in [2.75, 3.05) is 26.2 Å². The van der Waals surface area contributed by atoms with Gasteiger partial charge in [0.25, 0.3) is 5.91 Å². The summed E-state index contributed by atoms with van der Waals surface area (Å²) in [5.41, 5.74) is 1.98. The Balaban J connectivity index is 1.41. The predicted molar refractivity (Wildman–Crippen MR) is 98.3 cm³/mol. The highest BCUT2D eigenvalue weighted by molar-refractivity contribution is 5.94. The molecule has 0 aliphatic carbocycles. The third-order valence-electron chi connectivity index (χ3n) is 5.07. The number of fused-ring (bicyclic) bond motifs is 1. The van der Waals surface area contributed by atoms with E-state index >= 15 is 0 Å². The predicted octanol–water partition coefficient (Wildman–Crippen LogP) is 2.81. The Morgan fingerprint density at radius 3 is 2.52 bits per heavy atom. The van der Waals surface area contributed by atoms with Crippen molar-refractivity contribution in [3.8, 4) is 0 Å². The minimum atomic E-state index is -0.817. The van der Waals surface area contributed by atoms with E-state index in [1.54, 1.807) is 4.90 Å². The third-order valence-corrected chi connectivity index (χ3v) is 5.07. The molecule has 7 heteroatoms. The molecule has 27 heavy (non-hydrogen) atoms. The second kappa shape index (κ2) is 7.08. The van der Waals surface area contributed by atoms with Gasteiger partial charge in [0, 0.05) is 39.3 Å². The molecule has 3 aromatic rings. The molecule has 1 saturated heterocycles. The van der Waals surface area contributed by atoms with Gasteiger partial charge >= 0.3 is 0 Å². The zero-order valence-electron chi connectivity index (χ0n) is 15.0. The molecule has 1 fully saturated rings. The highest BCUT2D eigenvalue weighted by Crippen LogP contribution is 2.18. The van der Waals surface area contributed by atoms with Crippen LogP contribution in [-0.4, -0.2) is 51.4 Å². The Morgan fingerprint density at radius 2 is 1.81 bits per heavy atom. The van der Waals surface area contributed by atoms with Crippen LogP contribution in [0.5, 0.6) is 0 Å². The minimum Gasteiger partial charge on any atom is -0.336 e. The van der Waals surface area contributed by atoms with Crippen LogP contribution in [0.15, 0.2) is 42.5 Å². The van der Waals surface area contributed by atoms with E-state index in [-0.39, 0.29) is 5.56 Å². The summed E-state index contributed by atoms with van der Waals surface area (Å²) in [6.07, 6.45) is 0. The van der Waals surface area contributed by atoms with E-state index in [4.69, 9.17) is 0 Å². The fraction of sp³-hybridized carbons (Fsp3) is 0.300. The maximum Gasteiger partial charge on any atom is 0.256 e. The molecule has 2 heterocycles. The van der Waals surface area contributed by atoms with Crippen LogP contribution in [0.3, 0.4) is 0 Å². The largest absolute Gasteiger partial charge is 0.336 e. The number of aromatic nitrogens is 2. The van der Waals surface area contributed by atoms with Crippen LogP contribution < -0.4 is 0 Å². The number of nitrogens with zero attached hydrogens (tertiary/aromatic N) is 4. The first kappa shape index (κ1) is 17.6. The molecular formula is C20H20F2N4O. The topological polar surface area (TPSA) is 41.4 Å². The number of benzene rings is 2. The van der Waals surface area contributed by atoms with Crippen LogP contribution in [0.1, 0.15) is 16.2 Å². The summed E-state index contributed by atoms with van der Waals surface area (Å²) in [5.74, 6) is -0.922. The van der Waals surface area contributed by atoms with Gasteiger partial charge in [-0.05, 0) is 24.3 Å². The second-order valence-corrected chi connectivity index (χ2v) is 6.77. The van der Waals surface area contributed by atoms with Crippen LogP contribution in [0, 0.1) is 11.6 Å². The molecule has 1 aliphatic heterocycles. The Labute approximate surface area is 155 Å². The maximum atomic E-state index is 13.9. The molecule has 2 aromatic carbocycles. The Hall–Kier alpha value is -2.80. The van der Waals surface area contributed by atoms with Crippen LogP contribution >= 0.6 is 0 Å². The van der Waals surface area contributed by atoms with Gasteiger partial charge in [-0.1, -0.05) is 12.1 Å². The van der Waals surface area contributed by atoms with E-state index in [1.807, 2.05) is 31.3 Å². The summed E-state index contributed by atoms with van der Waals surface area (Å²) in [6.45, 7) is 3.05. The lowest BCUT2D eigenvalue weighted by molar-refractivity contribution is 0.0620. The first-order chi connectivity index (χ1) is 13.0. The number of hydrogen-bond donors (Lipinski definition) is 0. The minimum absolute atomic E-state index is 0.0831. The summed E-state index contributed by atoms with van der Waals surface area (Å²) in [6, 6.07) is 11.1. The fourth-order valence-electron chi connectivity index (χ4n) is 3.48. The van der Waals surface area contributed by atoms with Crippen molar-refractivity contribution in [2.45, 2.75) is 6.54 Å². The van der Waals surface area contributed by atoms with Crippen LogP contribution in [0.4, 0.5) is 8.78 Å². The quantitative estimate of drug-likeness (QED) is 0.712. The van der Waals surface area contributed by atoms with Gasteiger partial charge < -0.3 is 9.47 Å². The fourth-order valence-corrected chi connectivity index (χ4v) is 3.48. The smallest absolute Gasteiger partial charge is 0.256 e. The lowest BCUT2D eigenvalue weighted by Gasteiger charge is -2.34. The van der Waals surface area contributed by atoms with E-state index in [2.05, 4.69) is 14.5 Å². The molecule has 0 saturated carbocycles. The summed E-state index contributed by atoms with van der Waals surface area (Å²) in [7, 11) is 2.00. The van der Waals surface area contributed by atoms with Crippen molar-refractivity contribution in [1.29, 1.82) is 0 Å². The van der Waals surface area contributed by atoms with Crippen LogP contribution in [0.2, 0.25) is 0 Å². The molecule has 0 radical (unpaired) electrons. The highest BCUT2D eigenvalue weighted by Gasteiger charge is 2.25. The highest BCUT2D eigenvalue weighted by atomic mass is 19.1. The van der Waals surface area contributed by atoms with E-state index in [1.165, 1.54) is 6.07 Å². The zero-order chi connectivity index (χ0) is 19.0. The first-order valence-corrected chi connectivity index (χ1v) is 8.90. The normalized spacial score (nSPS) is 15.4. The van der Waals surface area contributed by atoms with Crippen molar-refractivity contribution < 1.29 is 13.6 Å². The lowest BCUT2D eigenvalue weighted by atomic mass is 10.1. The number of carbonyl (C=O) groups excluding carboxylic acids is 1. The Kier molecular flexibility index (Phi) is 4.61. The molecule has 1 amide bonds. The number of imidazole rings is 1. The number of rotatable bonds is 3. The molecule has 0 atom stereocenters. The summed E-state index contributed by atoms with van der Waals surface area (Å²) in [4.78, 5) is 21.0. The molecule has 5 nitrogen and oxygen atoms in total. The van der Waals surface area contributed by atoms with Gasteiger partial charge in [0.05, 0.1) is 23.1 Å². The third kappa shape index (κ3) is 3.42. The summed E-state index contributed by atoms with van der Waals surface area (Å²) < 4.78 is 29.0. The molecular weight excluding hydrogens is 350 g/mol. The standard InChI is InChI=1S/C20H20F2N4O/c1-24-18-5-3-2-4-17(18)23-19(24)13-25-8-10-26(11-9-25)20(27)15-7-6-14(21)12-16(15)22/h2-7,12H,8-11,13H2,1H3. The molecule has 0 bridgehead atoms. The van der Waals surface area contributed by atoms with Crippen molar-refractivity contribution in [1.82, 2.24) is 19.4 Å². The average molecular weight is 370 g/mol. The Bertz CT molecular complexity index is 993. The van der Waals surface area contributed by atoms with Gasteiger partial charge in [0.2, 0.25) is 0 Å². The van der Waals surface area contributed by atoms with Gasteiger partial charge in [-0.2, -0.15) is 0 Å². The summed E-state index contributed by atoms with van der Waals surface area (Å²) in [5, 5.41) is 0. The van der Waals surface area contributed by atoms with E-state index in [9.17, 15) is 13.6 Å². The molecule has 0 N–H and O–H groups in total. The van der Waals surface area contributed by atoms with Gasteiger partial charge in [0.1, 0.15) is 17.5 Å². The summed E-state index contributed by atoms with van der Waals surface area (Å²) >= 11 is 0. The van der Waals surface area contributed by atoms with Gasteiger partial charge in [-0.15, -0.1) is 0 Å². The van der Waals surface area contributed by atoms with Crippen LogP contribution in [0.25, 0.3) is 11.0 Å². The number of halogens is 2. The van der Waals surface area contributed by atoms with Crippen LogP contribution in [-0.2, 0) is 13.6 Å². The van der Waals surface area contributed by atoms with E-state index < -0.39 is 17.5 Å². The molecule has 1 aliphatic rings. The van der Waals surface area contributed by atoms with Gasteiger partial charge in [-0.3, -0.25) is 9.69 Å². The van der Waals surface area contributed by atoms with E-state index in [0.29, 0.717) is 32.7 Å². The van der Waals surface area contributed by atoms with Crippen molar-refractivity contribution >= 4 is 16.9 Å². The number of hydrogen-bond acceptors (Lipinski definition) is 3. The second-order valence-electron chi connectivity index (χ2n) is 6.77. The number of carbonyl (C=O) groups is 1. The van der Waals surface area contributed by atoms with Crippen molar-refractivity contribution in [3.63, 3.8) is 0 Å². The van der Waals surface area contributed by atoms with Crippen molar-refractivity contribution in [3.05, 3.63) is 65.5 Å². The zero-order valence-corrected chi connectivity index (χ0v) is 15.0. The number of piperazine rings is 1.